The van der Waals surface area contributed by atoms with Crippen LogP contribution in [0.3, 0.4) is 0 Å². The minimum absolute atomic E-state index is 0.148. The van der Waals surface area contributed by atoms with Crippen LogP contribution >= 0.6 is 0 Å². The second-order valence-corrected chi connectivity index (χ2v) is 5.09. The number of likely N-dealkylation sites (N-methyl/N-ethyl adjacent to an activating group) is 1. The third-order valence-electron chi connectivity index (χ3n) is 3.09. The zero-order valence-corrected chi connectivity index (χ0v) is 10.8. The van der Waals surface area contributed by atoms with Gasteiger partial charge in [0.1, 0.15) is 0 Å². The first kappa shape index (κ1) is 13.5. The molecule has 0 aromatic rings. The Morgan fingerprint density at radius 3 is 2.88 bits per heavy atom. The largest absolute Gasteiger partial charge is 0.355 e. The maximum Gasteiger partial charge on any atom is 0.234 e. The number of rotatable bonds is 6. The Morgan fingerprint density at radius 2 is 2.31 bits per heavy atom. The van der Waals surface area contributed by atoms with Crippen LogP contribution in [0.1, 0.15) is 26.7 Å². The van der Waals surface area contributed by atoms with Crippen LogP contribution in [-0.4, -0.2) is 50.1 Å². The minimum Gasteiger partial charge on any atom is -0.355 e. The van der Waals surface area contributed by atoms with Crippen LogP contribution in [0.5, 0.6) is 0 Å². The average Bonchev–Trinajstić information content (AvgIpc) is 2.69. The molecule has 1 aliphatic rings. The standard InChI is InChI=1S/C12H25N3O/c1-10(2)4-7-14-12(16)9-15(3)11-5-6-13-8-11/h10-11,13H,4-9H2,1-3H3,(H,14,16). The van der Waals surface area contributed by atoms with E-state index in [1.54, 1.807) is 0 Å². The minimum atomic E-state index is 0.148. The van der Waals surface area contributed by atoms with Gasteiger partial charge in [0, 0.05) is 19.1 Å². The van der Waals surface area contributed by atoms with Gasteiger partial charge in [0.05, 0.1) is 6.54 Å². The van der Waals surface area contributed by atoms with Crippen molar-refractivity contribution in [1.29, 1.82) is 0 Å². The maximum absolute atomic E-state index is 11.6. The predicted octanol–water partition coefficient (Wildman–Crippen LogP) is 0.442. The van der Waals surface area contributed by atoms with Gasteiger partial charge in [0.15, 0.2) is 0 Å². The van der Waals surface area contributed by atoms with Crippen molar-refractivity contribution in [3.05, 3.63) is 0 Å². The molecule has 0 aromatic heterocycles. The molecular formula is C12H25N3O. The van der Waals surface area contributed by atoms with E-state index in [1.165, 1.54) is 0 Å². The average molecular weight is 227 g/mol. The lowest BCUT2D eigenvalue weighted by Crippen LogP contribution is -2.41. The highest BCUT2D eigenvalue weighted by Gasteiger charge is 2.20. The van der Waals surface area contributed by atoms with E-state index in [0.29, 0.717) is 18.5 Å². The van der Waals surface area contributed by atoms with Crippen molar-refractivity contribution in [3.8, 4) is 0 Å². The van der Waals surface area contributed by atoms with Crippen molar-refractivity contribution in [2.24, 2.45) is 5.92 Å². The monoisotopic (exact) mass is 227 g/mol. The van der Waals surface area contributed by atoms with E-state index in [-0.39, 0.29) is 5.91 Å². The molecule has 0 aromatic carbocycles. The number of nitrogens with one attached hydrogen (secondary N) is 2. The SMILES string of the molecule is CC(C)CCNC(=O)CN(C)C1CCNC1. The summed E-state index contributed by atoms with van der Waals surface area (Å²) in [4.78, 5) is 13.8. The van der Waals surface area contributed by atoms with Crippen LogP contribution in [0.15, 0.2) is 0 Å². The van der Waals surface area contributed by atoms with Crippen LogP contribution in [0.25, 0.3) is 0 Å². The smallest absolute Gasteiger partial charge is 0.234 e. The Bertz CT molecular complexity index is 212. The van der Waals surface area contributed by atoms with Crippen LogP contribution < -0.4 is 10.6 Å². The highest BCUT2D eigenvalue weighted by atomic mass is 16.2. The fourth-order valence-electron chi connectivity index (χ4n) is 1.93. The number of nitrogens with zero attached hydrogens (tertiary/aromatic N) is 1. The van der Waals surface area contributed by atoms with Gasteiger partial charge in [0.2, 0.25) is 5.91 Å². The number of carbonyl (C=O) groups excluding carboxylic acids is 1. The molecule has 94 valence electrons. The van der Waals surface area contributed by atoms with Gasteiger partial charge in [-0.2, -0.15) is 0 Å². The van der Waals surface area contributed by atoms with Gasteiger partial charge in [-0.05, 0) is 32.4 Å². The molecule has 1 amide bonds. The van der Waals surface area contributed by atoms with Gasteiger partial charge in [-0.1, -0.05) is 13.8 Å². The van der Waals surface area contributed by atoms with E-state index >= 15 is 0 Å². The van der Waals surface area contributed by atoms with Crippen LogP contribution in [0.2, 0.25) is 0 Å². The van der Waals surface area contributed by atoms with Gasteiger partial charge in [-0.15, -0.1) is 0 Å². The molecule has 2 N–H and O–H groups in total. The molecule has 1 aliphatic heterocycles. The number of hydrogen-bond donors (Lipinski definition) is 2. The highest BCUT2D eigenvalue weighted by Crippen LogP contribution is 2.05. The van der Waals surface area contributed by atoms with Crippen molar-refractivity contribution in [3.63, 3.8) is 0 Å². The van der Waals surface area contributed by atoms with Gasteiger partial charge in [0.25, 0.3) is 0 Å². The van der Waals surface area contributed by atoms with Gasteiger partial charge in [-0.25, -0.2) is 0 Å². The van der Waals surface area contributed by atoms with Gasteiger partial charge >= 0.3 is 0 Å². The summed E-state index contributed by atoms with van der Waals surface area (Å²) in [5.74, 6) is 0.798. The fraction of sp³-hybridized carbons (Fsp3) is 0.917. The summed E-state index contributed by atoms with van der Waals surface area (Å²) in [5.41, 5.74) is 0. The molecule has 1 atom stereocenters. The molecule has 4 heteroatoms. The van der Waals surface area contributed by atoms with Crippen molar-refractivity contribution in [2.45, 2.75) is 32.7 Å². The molecule has 0 radical (unpaired) electrons. The van der Waals surface area contributed by atoms with Crippen molar-refractivity contribution in [1.82, 2.24) is 15.5 Å². The van der Waals surface area contributed by atoms with Gasteiger partial charge < -0.3 is 10.6 Å². The van der Waals surface area contributed by atoms with Crippen LogP contribution in [-0.2, 0) is 4.79 Å². The molecule has 0 aliphatic carbocycles. The van der Waals surface area contributed by atoms with E-state index in [4.69, 9.17) is 0 Å². The van der Waals surface area contributed by atoms with E-state index in [9.17, 15) is 4.79 Å². The van der Waals surface area contributed by atoms with Gasteiger partial charge in [-0.3, -0.25) is 9.69 Å². The molecule has 4 nitrogen and oxygen atoms in total. The molecule has 1 heterocycles. The Hall–Kier alpha value is -0.610. The molecule has 1 rings (SSSR count). The van der Waals surface area contributed by atoms with E-state index in [1.807, 2.05) is 7.05 Å². The lowest BCUT2D eigenvalue weighted by atomic mass is 10.1. The topological polar surface area (TPSA) is 44.4 Å². The summed E-state index contributed by atoms with van der Waals surface area (Å²) in [7, 11) is 2.03. The molecular weight excluding hydrogens is 202 g/mol. The first-order chi connectivity index (χ1) is 7.59. The summed E-state index contributed by atoms with van der Waals surface area (Å²) >= 11 is 0. The van der Waals surface area contributed by atoms with Crippen molar-refractivity contribution < 1.29 is 4.79 Å². The van der Waals surface area contributed by atoms with E-state index in [2.05, 4.69) is 29.4 Å². The van der Waals surface area contributed by atoms with Crippen LogP contribution in [0.4, 0.5) is 0 Å². The Kier molecular flexibility index (Phi) is 5.77. The van der Waals surface area contributed by atoms with E-state index < -0.39 is 0 Å². The third kappa shape index (κ3) is 4.94. The zero-order valence-electron chi connectivity index (χ0n) is 10.8. The molecule has 1 saturated heterocycles. The molecule has 1 unspecified atom stereocenters. The summed E-state index contributed by atoms with van der Waals surface area (Å²) in [5, 5.41) is 6.28. The number of amides is 1. The Balaban J connectivity index is 2.12. The molecule has 1 fully saturated rings. The third-order valence-corrected chi connectivity index (χ3v) is 3.09. The normalized spacial score (nSPS) is 20.7. The highest BCUT2D eigenvalue weighted by molar-refractivity contribution is 5.77. The first-order valence-electron chi connectivity index (χ1n) is 6.27. The quantitative estimate of drug-likeness (QED) is 0.692. The second kappa shape index (κ2) is 6.86. The zero-order chi connectivity index (χ0) is 12.0. The maximum atomic E-state index is 11.6. The Morgan fingerprint density at radius 1 is 1.56 bits per heavy atom. The van der Waals surface area contributed by atoms with Crippen LogP contribution in [0, 0.1) is 5.92 Å². The summed E-state index contributed by atoms with van der Waals surface area (Å²) in [6.45, 7) is 7.74. The first-order valence-corrected chi connectivity index (χ1v) is 6.27. The predicted molar refractivity (Wildman–Crippen MR) is 66.4 cm³/mol. The fourth-order valence-corrected chi connectivity index (χ4v) is 1.93. The van der Waals surface area contributed by atoms with Crippen molar-refractivity contribution in [2.75, 3.05) is 33.2 Å². The molecule has 0 bridgehead atoms. The second-order valence-electron chi connectivity index (χ2n) is 5.09. The lowest BCUT2D eigenvalue weighted by molar-refractivity contribution is -0.122. The molecule has 16 heavy (non-hydrogen) atoms. The van der Waals surface area contributed by atoms with E-state index in [0.717, 1.165) is 32.5 Å². The molecule has 0 saturated carbocycles. The lowest BCUT2D eigenvalue weighted by Gasteiger charge is -2.22. The van der Waals surface area contributed by atoms with Crippen molar-refractivity contribution >= 4 is 5.91 Å². The summed E-state index contributed by atoms with van der Waals surface area (Å²) in [6, 6.07) is 0.524. The molecule has 0 spiro atoms. The summed E-state index contributed by atoms with van der Waals surface area (Å²) in [6.07, 6.45) is 2.20. The Labute approximate surface area is 98.8 Å². The summed E-state index contributed by atoms with van der Waals surface area (Å²) < 4.78 is 0. The number of carbonyl (C=O) groups is 1. The number of hydrogen-bond acceptors (Lipinski definition) is 3.